The number of hydrogen-bond acceptors (Lipinski definition) is 2. The van der Waals surface area contributed by atoms with E-state index in [0.717, 1.165) is 0 Å². The Balaban J connectivity index is 0.000000204. The Bertz CT molecular complexity index is 484. The second-order valence-electron chi connectivity index (χ2n) is 5.98. The van der Waals surface area contributed by atoms with Gasteiger partial charge < -0.3 is 0 Å². The zero-order valence-electron chi connectivity index (χ0n) is 13.8. The smallest absolute Gasteiger partial charge is 0.0492 e. The predicted molar refractivity (Wildman–Crippen MR) is 84.0 cm³/mol. The predicted octanol–water partition coefficient (Wildman–Crippen LogP) is 4.13. The van der Waals surface area contributed by atoms with Gasteiger partial charge in [-0.25, -0.2) is 0 Å². The number of aromatic nitrogens is 4. The highest BCUT2D eigenvalue weighted by Crippen LogP contribution is 2.16. The standard InChI is InChI=1S/C9H16N2.C7H12N2/c1-7(2)9-5-6-10-11(9)8(3)4;1-6(2)7-4-5-8-9(7)3/h5-8H,1-4H3;4-6H,1-3H3. The summed E-state index contributed by atoms with van der Waals surface area (Å²) in [5.74, 6) is 1.15. The van der Waals surface area contributed by atoms with Crippen LogP contribution in [0, 0.1) is 0 Å². The molecule has 2 aromatic heterocycles. The molecule has 4 nitrogen and oxygen atoms in total. The number of aryl methyl sites for hydroxylation is 1. The van der Waals surface area contributed by atoms with Crippen molar-refractivity contribution in [2.45, 2.75) is 59.4 Å². The van der Waals surface area contributed by atoms with Crippen molar-refractivity contribution in [3.8, 4) is 0 Å². The quantitative estimate of drug-likeness (QED) is 0.845. The fourth-order valence-corrected chi connectivity index (χ4v) is 2.16. The van der Waals surface area contributed by atoms with Gasteiger partial charge in [-0.05, 0) is 37.8 Å². The van der Waals surface area contributed by atoms with Gasteiger partial charge in [-0.15, -0.1) is 0 Å². The molecular formula is C16H28N4. The van der Waals surface area contributed by atoms with Gasteiger partial charge in [0.2, 0.25) is 0 Å². The molecule has 0 spiro atoms. The van der Waals surface area contributed by atoms with Crippen LogP contribution in [0.4, 0.5) is 0 Å². The van der Waals surface area contributed by atoms with E-state index in [1.165, 1.54) is 11.4 Å². The third kappa shape index (κ3) is 4.22. The van der Waals surface area contributed by atoms with Crippen LogP contribution in [0.2, 0.25) is 0 Å². The van der Waals surface area contributed by atoms with Crippen molar-refractivity contribution in [1.82, 2.24) is 19.6 Å². The van der Waals surface area contributed by atoms with E-state index in [-0.39, 0.29) is 0 Å². The van der Waals surface area contributed by atoms with Crippen molar-refractivity contribution in [2.24, 2.45) is 7.05 Å². The lowest BCUT2D eigenvalue weighted by molar-refractivity contribution is 0.498. The van der Waals surface area contributed by atoms with Crippen LogP contribution in [0.5, 0.6) is 0 Å². The zero-order chi connectivity index (χ0) is 15.3. The number of nitrogens with zero attached hydrogens (tertiary/aromatic N) is 4. The summed E-state index contributed by atoms with van der Waals surface area (Å²) in [4.78, 5) is 0. The zero-order valence-corrected chi connectivity index (χ0v) is 13.8. The van der Waals surface area contributed by atoms with Gasteiger partial charge in [-0.1, -0.05) is 27.7 Å². The minimum absolute atomic E-state index is 0.474. The molecule has 0 saturated carbocycles. The Morgan fingerprint density at radius 1 is 0.800 bits per heavy atom. The second-order valence-corrected chi connectivity index (χ2v) is 5.98. The van der Waals surface area contributed by atoms with Crippen molar-refractivity contribution in [3.63, 3.8) is 0 Å². The van der Waals surface area contributed by atoms with E-state index in [9.17, 15) is 0 Å². The fraction of sp³-hybridized carbons (Fsp3) is 0.625. The Morgan fingerprint density at radius 3 is 1.60 bits per heavy atom. The molecule has 0 aliphatic carbocycles. The van der Waals surface area contributed by atoms with Crippen molar-refractivity contribution in [1.29, 1.82) is 0 Å². The maximum absolute atomic E-state index is 4.25. The average molecular weight is 276 g/mol. The highest BCUT2D eigenvalue weighted by atomic mass is 15.3. The lowest BCUT2D eigenvalue weighted by Crippen LogP contribution is -2.08. The van der Waals surface area contributed by atoms with E-state index in [1.54, 1.807) is 0 Å². The molecule has 0 N–H and O–H groups in total. The Morgan fingerprint density at radius 2 is 1.30 bits per heavy atom. The minimum Gasteiger partial charge on any atom is -0.272 e. The van der Waals surface area contributed by atoms with E-state index in [1.807, 2.05) is 30.2 Å². The largest absolute Gasteiger partial charge is 0.272 e. The second kappa shape index (κ2) is 7.27. The third-order valence-corrected chi connectivity index (χ3v) is 3.23. The summed E-state index contributed by atoms with van der Waals surface area (Å²) in [6.07, 6.45) is 3.70. The molecule has 0 aliphatic heterocycles. The van der Waals surface area contributed by atoms with Crippen LogP contribution in [0.25, 0.3) is 0 Å². The van der Waals surface area contributed by atoms with Gasteiger partial charge >= 0.3 is 0 Å². The summed E-state index contributed by atoms with van der Waals surface area (Å²) >= 11 is 0. The van der Waals surface area contributed by atoms with E-state index >= 15 is 0 Å². The van der Waals surface area contributed by atoms with Crippen molar-refractivity contribution < 1.29 is 0 Å². The van der Waals surface area contributed by atoms with Crippen molar-refractivity contribution in [3.05, 3.63) is 35.9 Å². The first kappa shape index (κ1) is 16.5. The van der Waals surface area contributed by atoms with E-state index in [2.05, 4.69) is 62.5 Å². The summed E-state index contributed by atoms with van der Waals surface area (Å²) in [5.41, 5.74) is 2.61. The fourth-order valence-electron chi connectivity index (χ4n) is 2.16. The van der Waals surface area contributed by atoms with Gasteiger partial charge in [0.05, 0.1) is 0 Å². The topological polar surface area (TPSA) is 35.6 Å². The first-order valence-electron chi connectivity index (χ1n) is 7.35. The number of hydrogen-bond donors (Lipinski definition) is 0. The average Bonchev–Trinajstić information content (AvgIpc) is 2.96. The molecule has 2 aromatic rings. The molecular weight excluding hydrogens is 248 g/mol. The van der Waals surface area contributed by atoms with Gasteiger partial charge in [0.25, 0.3) is 0 Å². The maximum atomic E-state index is 4.25. The van der Waals surface area contributed by atoms with Crippen LogP contribution < -0.4 is 0 Å². The summed E-state index contributed by atoms with van der Waals surface area (Å²) in [6, 6.07) is 4.61. The molecule has 0 bridgehead atoms. The molecule has 0 radical (unpaired) electrons. The van der Waals surface area contributed by atoms with Gasteiger partial charge in [-0.2, -0.15) is 10.2 Å². The first-order chi connectivity index (χ1) is 9.34. The summed E-state index contributed by atoms with van der Waals surface area (Å²) < 4.78 is 3.98. The molecule has 2 rings (SSSR count). The molecule has 4 heteroatoms. The van der Waals surface area contributed by atoms with Crippen LogP contribution in [-0.2, 0) is 7.05 Å². The third-order valence-electron chi connectivity index (χ3n) is 3.23. The van der Waals surface area contributed by atoms with Crippen LogP contribution in [0.1, 0.15) is 70.8 Å². The minimum atomic E-state index is 0.474. The van der Waals surface area contributed by atoms with Crippen LogP contribution in [-0.4, -0.2) is 19.6 Å². The highest BCUT2D eigenvalue weighted by molar-refractivity contribution is 5.06. The number of rotatable bonds is 3. The maximum Gasteiger partial charge on any atom is 0.0492 e. The molecule has 0 atom stereocenters. The molecule has 112 valence electrons. The van der Waals surface area contributed by atoms with Crippen molar-refractivity contribution in [2.75, 3.05) is 0 Å². The highest BCUT2D eigenvalue weighted by Gasteiger charge is 2.07. The van der Waals surface area contributed by atoms with Crippen LogP contribution in [0.15, 0.2) is 24.5 Å². The SMILES string of the molecule is CC(C)c1ccnn1C.CC(C)c1ccnn1C(C)C. The van der Waals surface area contributed by atoms with Gasteiger partial charge in [-0.3, -0.25) is 9.36 Å². The summed E-state index contributed by atoms with van der Waals surface area (Å²) in [6.45, 7) is 13.0. The Kier molecular flexibility index (Phi) is 5.99. The molecule has 0 saturated heterocycles. The monoisotopic (exact) mass is 276 g/mol. The van der Waals surface area contributed by atoms with Crippen LogP contribution >= 0.6 is 0 Å². The first-order valence-corrected chi connectivity index (χ1v) is 7.35. The van der Waals surface area contributed by atoms with Gasteiger partial charge in [0, 0.05) is 36.9 Å². The molecule has 0 aromatic carbocycles. The van der Waals surface area contributed by atoms with E-state index < -0.39 is 0 Å². The molecule has 0 fully saturated rings. The Labute approximate surface area is 122 Å². The Hall–Kier alpha value is -1.58. The van der Waals surface area contributed by atoms with E-state index in [4.69, 9.17) is 0 Å². The van der Waals surface area contributed by atoms with E-state index in [0.29, 0.717) is 17.9 Å². The summed E-state index contributed by atoms with van der Waals surface area (Å²) in [5, 5.41) is 8.31. The normalized spacial score (nSPS) is 11.1. The molecule has 0 unspecified atom stereocenters. The lowest BCUT2D eigenvalue weighted by atomic mass is 10.1. The van der Waals surface area contributed by atoms with Gasteiger partial charge in [0.15, 0.2) is 0 Å². The molecule has 20 heavy (non-hydrogen) atoms. The van der Waals surface area contributed by atoms with Crippen molar-refractivity contribution >= 4 is 0 Å². The van der Waals surface area contributed by atoms with Crippen LogP contribution in [0.3, 0.4) is 0 Å². The summed E-state index contributed by atoms with van der Waals surface area (Å²) in [7, 11) is 1.97. The molecule has 2 heterocycles. The lowest BCUT2D eigenvalue weighted by Gasteiger charge is -2.12. The molecule has 0 aliphatic rings. The molecule has 0 amide bonds. The van der Waals surface area contributed by atoms with Gasteiger partial charge in [0.1, 0.15) is 0 Å².